The molecule has 1 fully saturated rings. The third-order valence-electron chi connectivity index (χ3n) is 6.65. The van der Waals surface area contributed by atoms with Gasteiger partial charge in [0.05, 0.1) is 29.0 Å². The number of likely N-dealkylation sites (tertiary alicyclic amines) is 1. The number of fused-ring (bicyclic) bond motifs is 1. The number of nitrogens with one attached hydrogen (secondary N) is 1. The number of aromatic nitrogens is 3. The fraction of sp³-hybridized carbons (Fsp3) is 0.375. The van der Waals surface area contributed by atoms with Gasteiger partial charge in [0.15, 0.2) is 0 Å². The minimum Gasteiger partial charge on any atom is -0.456 e. The minimum atomic E-state index is -0.491. The summed E-state index contributed by atoms with van der Waals surface area (Å²) in [4.78, 5) is 28.0. The van der Waals surface area contributed by atoms with E-state index in [0.29, 0.717) is 51.5 Å². The molecule has 2 aromatic heterocycles. The summed E-state index contributed by atoms with van der Waals surface area (Å²) in [5.74, 6) is 0.343. The predicted octanol–water partition coefficient (Wildman–Crippen LogP) is 5.66. The molecule has 9 nitrogen and oxygen atoms in total. The number of aldehydes is 2. The van der Waals surface area contributed by atoms with Crippen LogP contribution in [-0.2, 0) is 21.5 Å². The monoisotopic (exact) mass is 577 g/mol. The number of halogens is 1. The molecule has 0 radical (unpaired) electrons. The highest BCUT2D eigenvalue weighted by Gasteiger charge is 2.21. The zero-order chi connectivity index (χ0) is 30.9. The average molecular weight is 578 g/mol. The van der Waals surface area contributed by atoms with Crippen molar-refractivity contribution in [2.24, 2.45) is 0 Å². The average Bonchev–Trinajstić information content (AvgIpc) is 3.45. The molecule has 5 rings (SSSR count). The van der Waals surface area contributed by atoms with E-state index in [9.17, 15) is 14.0 Å². The fourth-order valence-corrected chi connectivity index (χ4v) is 4.11. The smallest absolute Gasteiger partial charge is 0.150 e. The van der Waals surface area contributed by atoms with Crippen LogP contribution in [-0.4, -0.2) is 72.6 Å². The lowest BCUT2D eigenvalue weighted by molar-refractivity contribution is -0.107. The first-order valence-corrected chi connectivity index (χ1v) is 13.7. The molecule has 42 heavy (non-hydrogen) atoms. The number of methoxy groups -OCH3 is 1. The second kappa shape index (κ2) is 14.7. The lowest BCUT2D eigenvalue weighted by Crippen LogP contribution is -2.48. The number of rotatable bonds is 7. The molecule has 2 aromatic carbocycles. The molecule has 1 aliphatic rings. The van der Waals surface area contributed by atoms with E-state index in [-0.39, 0.29) is 12.0 Å². The maximum absolute atomic E-state index is 14.1. The Morgan fingerprint density at radius 3 is 2.38 bits per heavy atom. The number of aryl methyl sites for hydroxylation is 1. The van der Waals surface area contributed by atoms with Crippen molar-refractivity contribution in [1.29, 1.82) is 0 Å². The van der Waals surface area contributed by atoms with Crippen molar-refractivity contribution in [2.75, 3.05) is 39.6 Å². The highest BCUT2D eigenvalue weighted by Crippen LogP contribution is 2.32. The number of benzene rings is 2. The van der Waals surface area contributed by atoms with Crippen LogP contribution in [0.3, 0.4) is 0 Å². The molecule has 1 saturated heterocycles. The quantitative estimate of drug-likeness (QED) is 0.281. The van der Waals surface area contributed by atoms with Gasteiger partial charge >= 0.3 is 0 Å². The third kappa shape index (κ3) is 8.67. The van der Waals surface area contributed by atoms with Crippen LogP contribution in [0.25, 0.3) is 10.9 Å². The number of nitrogens with zero attached hydrogens (tertiary/aromatic N) is 4. The molecule has 0 spiro atoms. The molecule has 0 unspecified atom stereocenters. The van der Waals surface area contributed by atoms with Gasteiger partial charge in [0.2, 0.25) is 0 Å². The molecular formula is C32H40FN5O4. The lowest BCUT2D eigenvalue weighted by Gasteiger charge is -2.34. The first-order chi connectivity index (χ1) is 20.0. The van der Waals surface area contributed by atoms with Gasteiger partial charge < -0.3 is 24.5 Å². The summed E-state index contributed by atoms with van der Waals surface area (Å²) >= 11 is 0. The Hall–Kier alpha value is -4.15. The maximum Gasteiger partial charge on any atom is 0.150 e. The summed E-state index contributed by atoms with van der Waals surface area (Å²) in [5, 5.41) is 7.91. The van der Waals surface area contributed by atoms with Gasteiger partial charge in [-0.25, -0.2) is 4.39 Å². The molecule has 1 aliphatic heterocycles. The molecule has 224 valence electrons. The topological polar surface area (TPSA) is 98.6 Å². The van der Waals surface area contributed by atoms with Crippen LogP contribution >= 0.6 is 0 Å². The van der Waals surface area contributed by atoms with E-state index in [1.165, 1.54) is 6.07 Å². The highest BCUT2D eigenvalue weighted by molar-refractivity contribution is 5.90. The van der Waals surface area contributed by atoms with Gasteiger partial charge in [-0.05, 0) is 76.2 Å². The summed E-state index contributed by atoms with van der Waals surface area (Å²) in [7, 11) is 5.75. The number of carbonyl (C=O) groups excluding carboxylic acids is 2. The van der Waals surface area contributed by atoms with Gasteiger partial charge in [-0.2, -0.15) is 5.10 Å². The summed E-state index contributed by atoms with van der Waals surface area (Å²) in [6.07, 6.45) is 7.36. The van der Waals surface area contributed by atoms with Crippen molar-refractivity contribution in [3.63, 3.8) is 0 Å². The van der Waals surface area contributed by atoms with Gasteiger partial charge in [0.1, 0.15) is 29.9 Å². The normalized spacial score (nSPS) is 13.2. The Bertz CT molecular complexity index is 1490. The van der Waals surface area contributed by atoms with Crippen molar-refractivity contribution in [3.8, 4) is 11.5 Å². The van der Waals surface area contributed by atoms with Crippen LogP contribution in [0.2, 0.25) is 0 Å². The van der Waals surface area contributed by atoms with E-state index in [0.717, 1.165) is 25.1 Å². The second-order valence-electron chi connectivity index (χ2n) is 11.1. The molecule has 0 aliphatic carbocycles. The standard InChI is InChI=1S/C19H14FNO3.C8H15N3.C5H11NO/c1-12-8-14(5-7-22)16(20)10-19(12)24-18-4-6-21-17-3-2-13(11-23)9-15(17)18;1-8(2,3)11-6-7(9-4)5-10-11;1-6-3-5(4-6)7-2/h2-4,6-11H,5H2,1H3;5-6,9H,1-4H3;5H,3-4H2,1-2H3. The second-order valence-corrected chi connectivity index (χ2v) is 11.1. The number of hydrogen-bond acceptors (Lipinski definition) is 8. The van der Waals surface area contributed by atoms with Gasteiger partial charge in [0.25, 0.3) is 0 Å². The summed E-state index contributed by atoms with van der Waals surface area (Å²) in [6, 6.07) is 9.60. The summed E-state index contributed by atoms with van der Waals surface area (Å²) in [5.41, 5.74) is 3.36. The first kappa shape index (κ1) is 32.4. The zero-order valence-electron chi connectivity index (χ0n) is 25.3. The van der Waals surface area contributed by atoms with Crippen molar-refractivity contribution >= 4 is 29.2 Å². The van der Waals surface area contributed by atoms with Crippen LogP contribution in [0.15, 0.2) is 55.0 Å². The molecule has 0 bridgehead atoms. The Labute approximate surface area is 246 Å². The predicted molar refractivity (Wildman–Crippen MR) is 163 cm³/mol. The number of carbonyl (C=O) groups is 2. The van der Waals surface area contributed by atoms with Crippen molar-refractivity contribution in [1.82, 2.24) is 19.7 Å². The van der Waals surface area contributed by atoms with Crippen LogP contribution in [0.4, 0.5) is 10.1 Å². The van der Waals surface area contributed by atoms with Crippen LogP contribution < -0.4 is 10.1 Å². The van der Waals surface area contributed by atoms with E-state index in [2.05, 4.69) is 48.1 Å². The number of hydrogen-bond donors (Lipinski definition) is 1. The molecule has 0 amide bonds. The SMILES string of the molecule is CNc1cnn(C(C)(C)C)c1.COC1CN(C)C1.Cc1cc(CC=O)c(F)cc1Oc1ccnc2ccc(C=O)cc12. The van der Waals surface area contributed by atoms with Crippen LogP contribution in [0.5, 0.6) is 11.5 Å². The van der Waals surface area contributed by atoms with Crippen molar-refractivity contribution < 1.29 is 23.5 Å². The Balaban J connectivity index is 0.000000220. The minimum absolute atomic E-state index is 0.0217. The Morgan fingerprint density at radius 1 is 1.12 bits per heavy atom. The summed E-state index contributed by atoms with van der Waals surface area (Å²) < 4.78 is 26.9. The molecular weight excluding hydrogens is 537 g/mol. The number of pyridine rings is 1. The van der Waals surface area contributed by atoms with Gasteiger partial charge in [0, 0.05) is 63.1 Å². The Morgan fingerprint density at radius 2 is 1.86 bits per heavy atom. The van der Waals surface area contributed by atoms with E-state index in [4.69, 9.17) is 9.47 Å². The highest BCUT2D eigenvalue weighted by atomic mass is 19.1. The van der Waals surface area contributed by atoms with Gasteiger partial charge in [-0.15, -0.1) is 0 Å². The van der Waals surface area contributed by atoms with Crippen molar-refractivity contribution in [2.45, 2.75) is 45.8 Å². The van der Waals surface area contributed by atoms with E-state index in [1.54, 1.807) is 50.6 Å². The number of likely N-dealkylation sites (N-methyl/N-ethyl adjacent to an activating group) is 1. The largest absolute Gasteiger partial charge is 0.456 e. The molecule has 10 heteroatoms. The first-order valence-electron chi connectivity index (χ1n) is 13.7. The number of anilines is 1. The molecule has 3 heterocycles. The lowest BCUT2D eigenvalue weighted by atomic mass is 10.1. The van der Waals surface area contributed by atoms with Gasteiger partial charge in [-0.3, -0.25) is 14.5 Å². The third-order valence-corrected chi connectivity index (χ3v) is 6.65. The molecule has 0 atom stereocenters. The maximum atomic E-state index is 14.1. The summed E-state index contributed by atoms with van der Waals surface area (Å²) in [6.45, 7) is 10.4. The number of ether oxygens (including phenoxy) is 2. The molecule has 0 saturated carbocycles. The van der Waals surface area contributed by atoms with Crippen LogP contribution in [0, 0.1) is 12.7 Å². The fourth-order valence-electron chi connectivity index (χ4n) is 4.11. The van der Waals surface area contributed by atoms with Crippen LogP contribution in [0.1, 0.15) is 42.3 Å². The molecule has 4 aromatic rings. The van der Waals surface area contributed by atoms with Crippen molar-refractivity contribution in [3.05, 3.63) is 77.5 Å². The van der Waals surface area contributed by atoms with E-state index < -0.39 is 5.82 Å². The Kier molecular flexibility index (Phi) is 11.3. The van der Waals surface area contributed by atoms with E-state index >= 15 is 0 Å². The molecule has 1 N–H and O–H groups in total. The van der Waals surface area contributed by atoms with E-state index in [1.807, 2.05) is 24.1 Å². The van der Waals surface area contributed by atoms with Gasteiger partial charge in [-0.1, -0.05) is 0 Å². The zero-order valence-corrected chi connectivity index (χ0v) is 25.3.